The molecule has 2 heteroatoms. The van der Waals surface area contributed by atoms with Gasteiger partial charge in [-0.15, -0.1) is 6.58 Å². The van der Waals surface area contributed by atoms with Crippen LogP contribution in [0, 0.1) is 0 Å². The van der Waals surface area contributed by atoms with E-state index in [-0.39, 0.29) is 6.10 Å². The van der Waals surface area contributed by atoms with Crippen LogP contribution >= 0.6 is 15.9 Å². The highest BCUT2D eigenvalue weighted by atomic mass is 79.9. The lowest BCUT2D eigenvalue weighted by atomic mass is 10.1. The summed E-state index contributed by atoms with van der Waals surface area (Å²) >= 11 is 3.43. The molecule has 0 bridgehead atoms. The number of halogens is 1. The van der Waals surface area contributed by atoms with Crippen molar-refractivity contribution in [3.05, 3.63) is 48.6 Å². The summed E-state index contributed by atoms with van der Waals surface area (Å²) in [5, 5.41) is 0.948. The van der Waals surface area contributed by atoms with Gasteiger partial charge in [0, 0.05) is 5.33 Å². The van der Waals surface area contributed by atoms with E-state index in [1.165, 1.54) is 5.56 Å². The highest BCUT2D eigenvalue weighted by Crippen LogP contribution is 2.21. The fourth-order valence-corrected chi connectivity index (χ4v) is 1.71. The van der Waals surface area contributed by atoms with Crippen LogP contribution in [0.5, 0.6) is 0 Å². The molecule has 0 spiro atoms. The van der Waals surface area contributed by atoms with Crippen molar-refractivity contribution in [3.8, 4) is 0 Å². The van der Waals surface area contributed by atoms with Crippen LogP contribution in [0.2, 0.25) is 0 Å². The first-order chi connectivity index (χ1) is 6.88. The summed E-state index contributed by atoms with van der Waals surface area (Å²) < 4.78 is 5.67. The van der Waals surface area contributed by atoms with E-state index in [9.17, 15) is 0 Å². The molecule has 1 atom stereocenters. The Labute approximate surface area is 93.9 Å². The highest BCUT2D eigenvalue weighted by molar-refractivity contribution is 9.09. The van der Waals surface area contributed by atoms with Crippen LogP contribution in [0.3, 0.4) is 0 Å². The molecule has 0 aliphatic carbocycles. The van der Waals surface area contributed by atoms with E-state index in [4.69, 9.17) is 4.74 Å². The van der Waals surface area contributed by atoms with Crippen molar-refractivity contribution in [2.45, 2.75) is 12.5 Å². The second-order valence-corrected chi connectivity index (χ2v) is 3.79. The Balaban J connectivity index is 2.62. The number of benzene rings is 1. The smallest absolute Gasteiger partial charge is 0.0837 e. The number of ether oxygens (including phenoxy) is 1. The van der Waals surface area contributed by atoms with Gasteiger partial charge in [0.15, 0.2) is 0 Å². The number of alkyl halides is 1. The predicted octanol–water partition coefficient (Wildman–Crippen LogP) is 3.72. The third-order valence-corrected chi connectivity index (χ3v) is 2.42. The van der Waals surface area contributed by atoms with Gasteiger partial charge in [-0.3, -0.25) is 0 Å². The lowest BCUT2D eigenvalue weighted by Crippen LogP contribution is -2.05. The molecule has 0 aliphatic heterocycles. The Hall–Kier alpha value is -0.600. The Morgan fingerprint density at radius 1 is 1.36 bits per heavy atom. The van der Waals surface area contributed by atoms with Crippen molar-refractivity contribution in [2.75, 3.05) is 11.9 Å². The lowest BCUT2D eigenvalue weighted by molar-refractivity contribution is 0.0725. The van der Waals surface area contributed by atoms with Crippen LogP contribution < -0.4 is 0 Å². The third kappa shape index (κ3) is 3.64. The molecule has 0 aromatic heterocycles. The molecule has 0 saturated carbocycles. The molecule has 1 unspecified atom stereocenters. The van der Waals surface area contributed by atoms with E-state index in [1.54, 1.807) is 6.08 Å². The number of hydrogen-bond donors (Lipinski definition) is 0. The maximum Gasteiger partial charge on any atom is 0.0837 e. The Kier molecular flexibility index (Phi) is 5.57. The maximum absolute atomic E-state index is 5.67. The summed E-state index contributed by atoms with van der Waals surface area (Å²) in [6.45, 7) is 4.25. The minimum Gasteiger partial charge on any atom is -0.369 e. The summed E-state index contributed by atoms with van der Waals surface area (Å²) in [4.78, 5) is 0. The van der Waals surface area contributed by atoms with Gasteiger partial charge in [0.25, 0.3) is 0 Å². The quantitative estimate of drug-likeness (QED) is 0.556. The van der Waals surface area contributed by atoms with E-state index in [1.807, 2.05) is 18.2 Å². The monoisotopic (exact) mass is 254 g/mol. The fraction of sp³-hybridized carbons (Fsp3) is 0.333. The molecule has 76 valence electrons. The Morgan fingerprint density at radius 2 is 2.07 bits per heavy atom. The van der Waals surface area contributed by atoms with Gasteiger partial charge in [0.05, 0.1) is 12.7 Å². The van der Waals surface area contributed by atoms with E-state index in [2.05, 4.69) is 34.6 Å². The molecule has 0 heterocycles. The molecule has 1 aromatic carbocycles. The first kappa shape index (κ1) is 11.5. The molecule has 0 radical (unpaired) electrons. The maximum atomic E-state index is 5.67. The highest BCUT2D eigenvalue weighted by Gasteiger charge is 2.09. The third-order valence-electron chi connectivity index (χ3n) is 1.96. The van der Waals surface area contributed by atoms with Crippen molar-refractivity contribution in [1.82, 2.24) is 0 Å². The van der Waals surface area contributed by atoms with Crippen LogP contribution in [0.15, 0.2) is 43.0 Å². The topological polar surface area (TPSA) is 9.23 Å². The van der Waals surface area contributed by atoms with Crippen LogP contribution in [0.25, 0.3) is 0 Å². The van der Waals surface area contributed by atoms with Gasteiger partial charge >= 0.3 is 0 Å². The van der Waals surface area contributed by atoms with E-state index >= 15 is 0 Å². The standard InChI is InChI=1S/C12H15BrO/c1-2-10-14-12(8-9-13)11-6-4-3-5-7-11/h2-7,12H,1,8-10H2. The molecule has 14 heavy (non-hydrogen) atoms. The van der Waals surface area contributed by atoms with Crippen LogP contribution in [0.1, 0.15) is 18.1 Å². The summed E-state index contributed by atoms with van der Waals surface area (Å²) in [5.74, 6) is 0. The van der Waals surface area contributed by atoms with Crippen LogP contribution in [-0.4, -0.2) is 11.9 Å². The second-order valence-electron chi connectivity index (χ2n) is 3.00. The van der Waals surface area contributed by atoms with Crippen molar-refractivity contribution in [2.24, 2.45) is 0 Å². The predicted molar refractivity (Wildman–Crippen MR) is 63.7 cm³/mol. The minimum absolute atomic E-state index is 0.175. The van der Waals surface area contributed by atoms with E-state index in [0.29, 0.717) is 6.61 Å². The van der Waals surface area contributed by atoms with Crippen molar-refractivity contribution in [3.63, 3.8) is 0 Å². The molecule has 0 fully saturated rings. The molecule has 0 amide bonds. The zero-order chi connectivity index (χ0) is 10.2. The SMILES string of the molecule is C=CCOC(CCBr)c1ccccc1. The van der Waals surface area contributed by atoms with Gasteiger partial charge in [-0.2, -0.15) is 0 Å². The van der Waals surface area contributed by atoms with Crippen molar-refractivity contribution < 1.29 is 4.74 Å². The Morgan fingerprint density at radius 3 is 2.64 bits per heavy atom. The van der Waals surface area contributed by atoms with Crippen LogP contribution in [-0.2, 0) is 4.74 Å². The summed E-state index contributed by atoms with van der Waals surface area (Å²) in [5.41, 5.74) is 1.23. The van der Waals surface area contributed by atoms with Gasteiger partial charge in [-0.05, 0) is 12.0 Å². The normalized spacial score (nSPS) is 12.4. The average molecular weight is 255 g/mol. The summed E-state index contributed by atoms with van der Waals surface area (Å²) in [7, 11) is 0. The van der Waals surface area contributed by atoms with Crippen molar-refractivity contribution in [1.29, 1.82) is 0 Å². The zero-order valence-electron chi connectivity index (χ0n) is 8.16. The van der Waals surface area contributed by atoms with Gasteiger partial charge < -0.3 is 4.74 Å². The molecule has 1 nitrogen and oxygen atoms in total. The van der Waals surface area contributed by atoms with Gasteiger partial charge in [-0.25, -0.2) is 0 Å². The molecular formula is C12H15BrO. The zero-order valence-corrected chi connectivity index (χ0v) is 9.74. The Bertz CT molecular complexity index is 258. The first-order valence-electron chi connectivity index (χ1n) is 4.72. The van der Waals surface area contributed by atoms with E-state index < -0.39 is 0 Å². The fourth-order valence-electron chi connectivity index (χ4n) is 1.30. The second kappa shape index (κ2) is 6.80. The van der Waals surface area contributed by atoms with Crippen molar-refractivity contribution >= 4 is 15.9 Å². The van der Waals surface area contributed by atoms with Crippen LogP contribution in [0.4, 0.5) is 0 Å². The molecule has 1 rings (SSSR count). The number of rotatable bonds is 6. The summed E-state index contributed by atoms with van der Waals surface area (Å²) in [6, 6.07) is 10.3. The lowest BCUT2D eigenvalue weighted by Gasteiger charge is -2.16. The minimum atomic E-state index is 0.175. The molecule has 0 aliphatic rings. The van der Waals surface area contributed by atoms with E-state index in [0.717, 1.165) is 11.8 Å². The average Bonchev–Trinajstić information content (AvgIpc) is 2.25. The molecular weight excluding hydrogens is 240 g/mol. The first-order valence-corrected chi connectivity index (χ1v) is 5.84. The van der Waals surface area contributed by atoms with Gasteiger partial charge in [0.2, 0.25) is 0 Å². The molecule has 1 aromatic rings. The molecule has 0 saturated heterocycles. The number of hydrogen-bond acceptors (Lipinski definition) is 1. The molecule has 0 N–H and O–H groups in total. The largest absolute Gasteiger partial charge is 0.369 e. The van der Waals surface area contributed by atoms with Gasteiger partial charge in [-0.1, -0.05) is 52.3 Å². The van der Waals surface area contributed by atoms with Gasteiger partial charge in [0.1, 0.15) is 0 Å². The summed E-state index contributed by atoms with van der Waals surface area (Å²) in [6.07, 6.45) is 2.94.